The number of hydrogen-bond donors (Lipinski definition) is 0. The Kier molecular flexibility index (Phi) is 5.12. The summed E-state index contributed by atoms with van der Waals surface area (Å²) in [6.07, 6.45) is 7.17. The van der Waals surface area contributed by atoms with Gasteiger partial charge in [-0.2, -0.15) is 0 Å². The molecule has 8 heteroatoms. The number of aromatic nitrogens is 5. The van der Waals surface area contributed by atoms with Gasteiger partial charge < -0.3 is 9.80 Å². The second kappa shape index (κ2) is 8.55. The zero-order valence-electron chi connectivity index (χ0n) is 17.9. The molecule has 0 spiro atoms. The molecule has 162 valence electrons. The van der Waals surface area contributed by atoms with Gasteiger partial charge in [-0.1, -0.05) is 30.3 Å². The van der Waals surface area contributed by atoms with E-state index < -0.39 is 0 Å². The van der Waals surface area contributed by atoms with Gasteiger partial charge in [0.1, 0.15) is 10.6 Å². The third-order valence-corrected chi connectivity index (χ3v) is 6.84. The molecule has 1 aliphatic rings. The van der Waals surface area contributed by atoms with Crippen LogP contribution in [-0.4, -0.2) is 51.1 Å². The molecular formula is C25H21N7S. The Labute approximate surface area is 195 Å². The highest BCUT2D eigenvalue weighted by Crippen LogP contribution is 2.38. The SMILES string of the molecule is c1ccc(-c2cc3c(N4CCN(c5ncccn5)CC4)nc(-c4cccnc4)nc3s2)cc1. The minimum Gasteiger partial charge on any atom is -0.352 e. The summed E-state index contributed by atoms with van der Waals surface area (Å²) in [4.78, 5) is 29.8. The minimum absolute atomic E-state index is 0.709. The van der Waals surface area contributed by atoms with Crippen molar-refractivity contribution < 1.29 is 0 Å². The molecule has 0 atom stereocenters. The fourth-order valence-corrected chi connectivity index (χ4v) is 5.12. The van der Waals surface area contributed by atoms with E-state index >= 15 is 0 Å². The fraction of sp³-hybridized carbons (Fsp3) is 0.160. The Bertz CT molecular complexity index is 1370. The largest absolute Gasteiger partial charge is 0.352 e. The third kappa shape index (κ3) is 3.89. The molecular weight excluding hydrogens is 430 g/mol. The average molecular weight is 452 g/mol. The van der Waals surface area contributed by atoms with E-state index in [9.17, 15) is 0 Å². The zero-order valence-corrected chi connectivity index (χ0v) is 18.7. The molecule has 6 rings (SSSR count). The molecule has 0 saturated carbocycles. The molecule has 5 aromatic rings. The predicted molar refractivity (Wildman–Crippen MR) is 133 cm³/mol. The van der Waals surface area contributed by atoms with Crippen LogP contribution in [0.15, 0.2) is 79.4 Å². The van der Waals surface area contributed by atoms with E-state index in [1.807, 2.05) is 30.5 Å². The van der Waals surface area contributed by atoms with Crippen LogP contribution in [0.3, 0.4) is 0 Å². The van der Waals surface area contributed by atoms with Crippen molar-refractivity contribution in [2.24, 2.45) is 0 Å². The second-order valence-corrected chi connectivity index (χ2v) is 8.86. The molecule has 5 heterocycles. The maximum Gasteiger partial charge on any atom is 0.225 e. The Morgan fingerprint density at radius 1 is 0.727 bits per heavy atom. The summed E-state index contributed by atoms with van der Waals surface area (Å²) in [5.41, 5.74) is 2.12. The first-order valence-corrected chi connectivity index (χ1v) is 11.7. The first-order chi connectivity index (χ1) is 16.3. The maximum atomic E-state index is 5.03. The molecule has 0 unspecified atom stereocenters. The lowest BCUT2D eigenvalue weighted by Gasteiger charge is -2.35. The van der Waals surface area contributed by atoms with Crippen molar-refractivity contribution in [2.75, 3.05) is 36.0 Å². The molecule has 4 aromatic heterocycles. The van der Waals surface area contributed by atoms with Crippen LogP contribution >= 0.6 is 11.3 Å². The van der Waals surface area contributed by atoms with Crippen LogP contribution in [0, 0.1) is 0 Å². The smallest absolute Gasteiger partial charge is 0.225 e. The number of rotatable bonds is 4. The molecule has 1 aliphatic heterocycles. The van der Waals surface area contributed by atoms with Crippen LogP contribution in [-0.2, 0) is 0 Å². The number of hydrogen-bond acceptors (Lipinski definition) is 8. The van der Waals surface area contributed by atoms with Crippen molar-refractivity contribution in [3.05, 3.63) is 79.4 Å². The third-order valence-electron chi connectivity index (χ3n) is 5.76. The van der Waals surface area contributed by atoms with Crippen LogP contribution in [0.1, 0.15) is 0 Å². The fourth-order valence-electron chi connectivity index (χ4n) is 4.09. The standard InChI is InChI=1S/C25H21N7S/c1-2-6-18(7-3-1)21-16-20-23(29-22(30-24(20)33-21)19-8-4-9-26-17-19)31-12-14-32(15-13-31)25-27-10-5-11-28-25/h1-11,16-17H,12-15H2. The van der Waals surface area contributed by atoms with Gasteiger partial charge in [0.25, 0.3) is 0 Å². The normalized spacial score (nSPS) is 14.1. The first-order valence-electron chi connectivity index (χ1n) is 10.9. The van der Waals surface area contributed by atoms with Gasteiger partial charge in [-0.15, -0.1) is 11.3 Å². The van der Waals surface area contributed by atoms with Crippen molar-refractivity contribution in [2.45, 2.75) is 0 Å². The number of thiophene rings is 1. The van der Waals surface area contributed by atoms with E-state index in [1.54, 1.807) is 29.9 Å². The quantitative estimate of drug-likeness (QED) is 0.397. The van der Waals surface area contributed by atoms with Gasteiger partial charge in [-0.05, 0) is 29.8 Å². The molecule has 1 aromatic carbocycles. The Morgan fingerprint density at radius 3 is 2.24 bits per heavy atom. The van der Waals surface area contributed by atoms with Crippen molar-refractivity contribution in [1.82, 2.24) is 24.9 Å². The van der Waals surface area contributed by atoms with Gasteiger partial charge in [0, 0.05) is 61.4 Å². The van der Waals surface area contributed by atoms with Crippen molar-refractivity contribution in [3.63, 3.8) is 0 Å². The van der Waals surface area contributed by atoms with Crippen molar-refractivity contribution in [3.8, 4) is 21.8 Å². The number of nitrogens with zero attached hydrogens (tertiary/aromatic N) is 7. The lowest BCUT2D eigenvalue weighted by Crippen LogP contribution is -2.47. The highest BCUT2D eigenvalue weighted by molar-refractivity contribution is 7.22. The molecule has 0 aliphatic carbocycles. The van der Waals surface area contributed by atoms with Crippen molar-refractivity contribution in [1.29, 1.82) is 0 Å². The summed E-state index contributed by atoms with van der Waals surface area (Å²) < 4.78 is 0. The number of piperazine rings is 1. The lowest BCUT2D eigenvalue weighted by atomic mass is 10.1. The topological polar surface area (TPSA) is 70.9 Å². The molecule has 0 amide bonds. The maximum absolute atomic E-state index is 5.03. The summed E-state index contributed by atoms with van der Waals surface area (Å²) in [5, 5.41) is 1.09. The molecule has 1 saturated heterocycles. The van der Waals surface area contributed by atoms with E-state index in [0.717, 1.165) is 53.7 Å². The molecule has 0 radical (unpaired) electrons. The number of fused-ring (bicyclic) bond motifs is 1. The van der Waals surface area contributed by atoms with E-state index in [2.05, 4.69) is 55.1 Å². The Hall–Kier alpha value is -3.91. The van der Waals surface area contributed by atoms with Crippen molar-refractivity contribution >= 4 is 33.3 Å². The summed E-state index contributed by atoms with van der Waals surface area (Å²) in [6.45, 7) is 3.36. The van der Waals surface area contributed by atoms with Crippen LogP contribution in [0.2, 0.25) is 0 Å². The minimum atomic E-state index is 0.709. The van der Waals surface area contributed by atoms with Crippen LogP contribution in [0.25, 0.3) is 32.0 Å². The molecule has 7 nitrogen and oxygen atoms in total. The van der Waals surface area contributed by atoms with Gasteiger partial charge in [0.2, 0.25) is 5.95 Å². The van der Waals surface area contributed by atoms with E-state index in [1.165, 1.54) is 10.4 Å². The van der Waals surface area contributed by atoms with Gasteiger partial charge in [-0.3, -0.25) is 4.98 Å². The summed E-state index contributed by atoms with van der Waals surface area (Å²) in [6, 6.07) is 18.5. The van der Waals surface area contributed by atoms with Gasteiger partial charge in [-0.25, -0.2) is 19.9 Å². The number of anilines is 2. The van der Waals surface area contributed by atoms with Gasteiger partial charge in [0.15, 0.2) is 5.82 Å². The summed E-state index contributed by atoms with van der Waals surface area (Å²) in [7, 11) is 0. The highest BCUT2D eigenvalue weighted by Gasteiger charge is 2.23. The second-order valence-electron chi connectivity index (χ2n) is 7.83. The molecule has 33 heavy (non-hydrogen) atoms. The monoisotopic (exact) mass is 451 g/mol. The van der Waals surface area contributed by atoms with Crippen LogP contribution in [0.5, 0.6) is 0 Å². The van der Waals surface area contributed by atoms with Gasteiger partial charge in [0.05, 0.1) is 5.39 Å². The number of benzene rings is 1. The lowest BCUT2D eigenvalue weighted by molar-refractivity contribution is 0.636. The Morgan fingerprint density at radius 2 is 1.48 bits per heavy atom. The van der Waals surface area contributed by atoms with Crippen LogP contribution < -0.4 is 9.80 Å². The first kappa shape index (κ1) is 19.8. The summed E-state index contributed by atoms with van der Waals surface area (Å²) >= 11 is 1.71. The highest BCUT2D eigenvalue weighted by atomic mass is 32.1. The van der Waals surface area contributed by atoms with E-state index in [4.69, 9.17) is 9.97 Å². The van der Waals surface area contributed by atoms with Gasteiger partial charge >= 0.3 is 0 Å². The number of pyridine rings is 1. The predicted octanol–water partition coefficient (Wildman–Crippen LogP) is 4.54. The molecule has 1 fully saturated rings. The molecule has 0 bridgehead atoms. The van der Waals surface area contributed by atoms with E-state index in [-0.39, 0.29) is 0 Å². The summed E-state index contributed by atoms with van der Waals surface area (Å²) in [5.74, 6) is 2.47. The average Bonchev–Trinajstić information content (AvgIpc) is 3.34. The van der Waals surface area contributed by atoms with Crippen LogP contribution in [0.4, 0.5) is 11.8 Å². The Balaban J connectivity index is 1.40. The zero-order chi connectivity index (χ0) is 22.0. The molecule has 0 N–H and O–H groups in total. The van der Waals surface area contributed by atoms with E-state index in [0.29, 0.717) is 5.82 Å².